The summed E-state index contributed by atoms with van der Waals surface area (Å²) in [5, 5.41) is 1.19. The summed E-state index contributed by atoms with van der Waals surface area (Å²) in [6.07, 6.45) is 0.721. The van der Waals surface area contributed by atoms with E-state index >= 15 is 0 Å². The Balaban J connectivity index is 1.87. The molecule has 1 atom stereocenters. The Morgan fingerprint density at radius 3 is 2.42 bits per heavy atom. The molecule has 0 radical (unpaired) electrons. The Kier molecular flexibility index (Phi) is 7.97. The number of halogens is 2. The van der Waals surface area contributed by atoms with Crippen LogP contribution in [0, 0.1) is 0 Å². The van der Waals surface area contributed by atoms with E-state index in [0.29, 0.717) is 56.9 Å². The van der Waals surface area contributed by atoms with Crippen molar-refractivity contribution in [3.05, 3.63) is 98.5 Å². The molecule has 6 nitrogen and oxygen atoms in total. The van der Waals surface area contributed by atoms with Gasteiger partial charge in [0.25, 0.3) is 11.5 Å². The molecule has 36 heavy (non-hydrogen) atoms. The number of benzene rings is 3. The first-order chi connectivity index (χ1) is 17.3. The number of hydrogen-bond acceptors (Lipinski definition) is 4. The summed E-state index contributed by atoms with van der Waals surface area (Å²) >= 11 is 12.3. The Morgan fingerprint density at radius 1 is 1.03 bits per heavy atom. The standard InChI is InChI=1S/C28H27Cl2N3O3/c1-4-16-32(27(34)19-10-15-23(29)24(30)17-19)18(3)26-31-25-9-7-6-8-22(25)28(35)33(26)20-11-13-21(14-12-20)36-5-2/h6-15,17-18H,4-5,16H2,1-3H3. The molecule has 4 aromatic rings. The summed E-state index contributed by atoms with van der Waals surface area (Å²) in [7, 11) is 0. The van der Waals surface area contributed by atoms with Gasteiger partial charge in [-0.2, -0.15) is 0 Å². The number of carbonyl (C=O) groups is 1. The molecule has 0 fully saturated rings. The first kappa shape index (κ1) is 25.7. The first-order valence-electron chi connectivity index (χ1n) is 11.9. The number of carbonyl (C=O) groups excluding carboxylic acids is 1. The van der Waals surface area contributed by atoms with E-state index in [1.165, 1.54) is 0 Å². The third-order valence-electron chi connectivity index (χ3n) is 5.94. The fourth-order valence-corrected chi connectivity index (χ4v) is 4.48. The molecule has 3 aromatic carbocycles. The molecular weight excluding hydrogens is 497 g/mol. The monoisotopic (exact) mass is 523 g/mol. The van der Waals surface area contributed by atoms with Crippen molar-refractivity contribution in [2.75, 3.05) is 13.2 Å². The van der Waals surface area contributed by atoms with Crippen LogP contribution in [0.4, 0.5) is 0 Å². The molecular formula is C28H27Cl2N3O3. The van der Waals surface area contributed by atoms with Crippen molar-refractivity contribution in [1.82, 2.24) is 14.5 Å². The Bertz CT molecular complexity index is 1450. The topological polar surface area (TPSA) is 64.4 Å². The quantitative estimate of drug-likeness (QED) is 0.257. The maximum Gasteiger partial charge on any atom is 0.266 e. The van der Waals surface area contributed by atoms with E-state index in [-0.39, 0.29) is 11.5 Å². The smallest absolute Gasteiger partial charge is 0.266 e. The maximum atomic E-state index is 13.7. The van der Waals surface area contributed by atoms with Crippen molar-refractivity contribution >= 4 is 40.0 Å². The van der Waals surface area contributed by atoms with Crippen LogP contribution in [0.3, 0.4) is 0 Å². The van der Waals surface area contributed by atoms with E-state index in [4.69, 9.17) is 32.9 Å². The van der Waals surface area contributed by atoms with Crippen LogP contribution in [0.1, 0.15) is 49.4 Å². The summed E-state index contributed by atoms with van der Waals surface area (Å²) in [5.74, 6) is 0.952. The molecule has 0 aliphatic carbocycles. The van der Waals surface area contributed by atoms with E-state index in [0.717, 1.165) is 6.42 Å². The van der Waals surface area contributed by atoms with Crippen LogP contribution in [0.2, 0.25) is 10.0 Å². The van der Waals surface area contributed by atoms with Gasteiger partial charge in [0, 0.05) is 12.1 Å². The Morgan fingerprint density at radius 2 is 1.75 bits per heavy atom. The van der Waals surface area contributed by atoms with Gasteiger partial charge in [-0.05, 0) is 74.9 Å². The lowest BCUT2D eigenvalue weighted by atomic mass is 10.1. The Hall–Kier alpha value is -3.35. The Labute approximate surface area is 220 Å². The van der Waals surface area contributed by atoms with Crippen LogP contribution in [0.5, 0.6) is 5.75 Å². The summed E-state index contributed by atoms with van der Waals surface area (Å²) in [5.41, 5.74) is 1.43. The summed E-state index contributed by atoms with van der Waals surface area (Å²) < 4.78 is 7.14. The van der Waals surface area contributed by atoms with E-state index in [1.54, 1.807) is 39.8 Å². The third-order valence-corrected chi connectivity index (χ3v) is 6.68. The minimum atomic E-state index is -0.518. The van der Waals surface area contributed by atoms with Crippen LogP contribution in [-0.2, 0) is 0 Å². The molecule has 0 aliphatic heterocycles. The second-order valence-corrected chi connectivity index (χ2v) is 9.17. The van der Waals surface area contributed by atoms with Crippen LogP contribution in [-0.4, -0.2) is 33.5 Å². The average molecular weight is 524 g/mol. The van der Waals surface area contributed by atoms with Gasteiger partial charge in [0.2, 0.25) is 0 Å². The number of ether oxygens (including phenoxy) is 1. The zero-order chi connectivity index (χ0) is 25.8. The molecule has 0 saturated carbocycles. The fourth-order valence-electron chi connectivity index (χ4n) is 4.18. The summed E-state index contributed by atoms with van der Waals surface area (Å²) in [6.45, 7) is 6.80. The second-order valence-electron chi connectivity index (χ2n) is 8.36. The zero-order valence-corrected chi connectivity index (χ0v) is 21.9. The molecule has 0 spiro atoms. The van der Waals surface area contributed by atoms with Gasteiger partial charge in [-0.25, -0.2) is 4.98 Å². The van der Waals surface area contributed by atoms with Gasteiger partial charge in [0.1, 0.15) is 11.6 Å². The third kappa shape index (κ3) is 5.11. The summed E-state index contributed by atoms with van der Waals surface area (Å²) in [6, 6.07) is 18.8. The normalized spacial score (nSPS) is 11.9. The molecule has 1 unspecified atom stereocenters. The minimum Gasteiger partial charge on any atom is -0.494 e. The first-order valence-corrected chi connectivity index (χ1v) is 12.6. The van der Waals surface area contributed by atoms with Gasteiger partial charge in [-0.15, -0.1) is 0 Å². The predicted octanol–water partition coefficient (Wildman–Crippen LogP) is 6.70. The number of aromatic nitrogens is 2. The predicted molar refractivity (Wildman–Crippen MR) is 145 cm³/mol. The molecule has 186 valence electrons. The SMILES string of the molecule is CCCN(C(=O)c1ccc(Cl)c(Cl)c1)C(C)c1nc2ccccc2c(=O)n1-c1ccc(OCC)cc1. The van der Waals surface area contributed by atoms with E-state index in [9.17, 15) is 9.59 Å². The van der Waals surface area contributed by atoms with Crippen molar-refractivity contribution < 1.29 is 9.53 Å². The fraction of sp³-hybridized carbons (Fsp3) is 0.250. The van der Waals surface area contributed by atoms with E-state index in [1.807, 2.05) is 57.2 Å². The van der Waals surface area contributed by atoms with Gasteiger partial charge in [-0.1, -0.05) is 42.3 Å². The van der Waals surface area contributed by atoms with Crippen molar-refractivity contribution in [3.63, 3.8) is 0 Å². The molecule has 0 aliphatic rings. The molecule has 4 rings (SSSR count). The van der Waals surface area contributed by atoms with Crippen LogP contribution < -0.4 is 10.3 Å². The number of rotatable bonds is 8. The average Bonchev–Trinajstić information content (AvgIpc) is 2.89. The second kappa shape index (κ2) is 11.1. The molecule has 1 amide bonds. The van der Waals surface area contributed by atoms with Crippen molar-refractivity contribution in [2.24, 2.45) is 0 Å². The lowest BCUT2D eigenvalue weighted by molar-refractivity contribution is 0.0681. The highest BCUT2D eigenvalue weighted by atomic mass is 35.5. The molecule has 0 bridgehead atoms. The van der Waals surface area contributed by atoms with Gasteiger partial charge in [-0.3, -0.25) is 14.2 Å². The molecule has 0 saturated heterocycles. The van der Waals surface area contributed by atoms with Gasteiger partial charge in [0.05, 0.1) is 39.3 Å². The van der Waals surface area contributed by atoms with E-state index in [2.05, 4.69) is 0 Å². The highest BCUT2D eigenvalue weighted by Gasteiger charge is 2.27. The van der Waals surface area contributed by atoms with E-state index < -0.39 is 6.04 Å². The highest BCUT2D eigenvalue weighted by Crippen LogP contribution is 2.28. The van der Waals surface area contributed by atoms with Gasteiger partial charge >= 0.3 is 0 Å². The number of para-hydroxylation sites is 1. The number of hydrogen-bond donors (Lipinski definition) is 0. The largest absolute Gasteiger partial charge is 0.494 e. The maximum absolute atomic E-state index is 13.7. The highest BCUT2D eigenvalue weighted by molar-refractivity contribution is 6.42. The zero-order valence-electron chi connectivity index (χ0n) is 20.4. The molecule has 1 heterocycles. The van der Waals surface area contributed by atoms with Crippen molar-refractivity contribution in [3.8, 4) is 11.4 Å². The molecule has 0 N–H and O–H groups in total. The lowest BCUT2D eigenvalue weighted by Gasteiger charge is -2.30. The minimum absolute atomic E-state index is 0.204. The lowest BCUT2D eigenvalue weighted by Crippen LogP contribution is -2.38. The van der Waals surface area contributed by atoms with Crippen LogP contribution in [0.15, 0.2) is 71.5 Å². The van der Waals surface area contributed by atoms with Gasteiger partial charge in [0.15, 0.2) is 0 Å². The molecule has 1 aromatic heterocycles. The number of fused-ring (bicyclic) bond motifs is 1. The van der Waals surface area contributed by atoms with Crippen molar-refractivity contribution in [1.29, 1.82) is 0 Å². The number of nitrogens with zero attached hydrogens (tertiary/aromatic N) is 3. The van der Waals surface area contributed by atoms with Crippen molar-refractivity contribution in [2.45, 2.75) is 33.2 Å². The summed E-state index contributed by atoms with van der Waals surface area (Å²) in [4.78, 5) is 33.9. The molecule has 8 heteroatoms. The van der Waals surface area contributed by atoms with Crippen LogP contribution in [0.25, 0.3) is 16.6 Å². The van der Waals surface area contributed by atoms with Gasteiger partial charge < -0.3 is 9.64 Å². The van der Waals surface area contributed by atoms with Crippen LogP contribution >= 0.6 is 23.2 Å². The number of amides is 1.